The highest BCUT2D eigenvalue weighted by atomic mass is 16.5. The molecule has 7 nitrogen and oxygen atoms in total. The molecule has 0 amide bonds. The van der Waals surface area contributed by atoms with Crippen LogP contribution in [-0.4, -0.2) is 40.0 Å². The topological polar surface area (TPSA) is 76.9 Å². The van der Waals surface area contributed by atoms with Crippen LogP contribution < -0.4 is 10.6 Å². The summed E-state index contributed by atoms with van der Waals surface area (Å²) in [4.78, 5) is 9.44. The molecule has 0 aliphatic carbocycles. The lowest BCUT2D eigenvalue weighted by Crippen LogP contribution is -2.14. The number of nitrogens with one attached hydrogen (secondary N) is 2. The highest BCUT2D eigenvalue weighted by molar-refractivity contribution is 5.87. The van der Waals surface area contributed by atoms with E-state index in [1.807, 2.05) is 47.3 Å². The minimum atomic E-state index is 0.0913. The number of benzene rings is 2. The van der Waals surface area contributed by atoms with Crippen LogP contribution in [0.25, 0.3) is 11.0 Å². The van der Waals surface area contributed by atoms with Crippen LogP contribution in [0.3, 0.4) is 0 Å². The van der Waals surface area contributed by atoms with Gasteiger partial charge in [-0.1, -0.05) is 60.7 Å². The normalized spacial score (nSPS) is 12.1. The average molecular weight is 403 g/mol. The lowest BCUT2D eigenvalue weighted by atomic mass is 10.1. The summed E-state index contributed by atoms with van der Waals surface area (Å²) in [6, 6.07) is 20.6. The largest absolute Gasteiger partial charge is 0.383 e. The minimum Gasteiger partial charge on any atom is -0.383 e. The third-order valence-corrected chi connectivity index (χ3v) is 4.91. The van der Waals surface area contributed by atoms with Crippen molar-refractivity contribution in [2.45, 2.75) is 19.5 Å². The van der Waals surface area contributed by atoms with E-state index in [1.54, 1.807) is 7.11 Å². The minimum absolute atomic E-state index is 0.0913. The monoisotopic (exact) mass is 402 g/mol. The summed E-state index contributed by atoms with van der Waals surface area (Å²) >= 11 is 0. The van der Waals surface area contributed by atoms with Crippen LogP contribution >= 0.6 is 0 Å². The third-order valence-electron chi connectivity index (χ3n) is 4.91. The lowest BCUT2D eigenvalue weighted by molar-refractivity contribution is 0.210. The van der Waals surface area contributed by atoms with Gasteiger partial charge in [-0.05, 0) is 18.1 Å². The molecule has 2 aromatic heterocycles. The Bertz CT molecular complexity index is 1080. The molecule has 0 spiro atoms. The standard InChI is InChI=1S/C23H26N6O/c1-17(19-11-7-4-8-12-19)26-21-20-15-25-29(16-18-9-5-3-6-10-18)22(20)28-23(27-21)24-13-14-30-2/h3-12,15,17H,13-14,16H2,1-2H3,(H2,24,26,27,28). The van der Waals surface area contributed by atoms with Crippen molar-refractivity contribution in [3.8, 4) is 0 Å². The van der Waals surface area contributed by atoms with E-state index in [0.29, 0.717) is 25.6 Å². The van der Waals surface area contributed by atoms with Gasteiger partial charge in [0.25, 0.3) is 0 Å². The maximum Gasteiger partial charge on any atom is 0.226 e. The highest BCUT2D eigenvalue weighted by Crippen LogP contribution is 2.26. The number of rotatable bonds is 9. The van der Waals surface area contributed by atoms with Gasteiger partial charge in [0.05, 0.1) is 24.7 Å². The van der Waals surface area contributed by atoms with Crippen LogP contribution in [0.1, 0.15) is 24.1 Å². The SMILES string of the molecule is COCCNc1nc(NC(C)c2ccccc2)c2cnn(Cc3ccccc3)c2n1. The number of anilines is 2. The molecule has 2 N–H and O–H groups in total. The second-order valence-electron chi connectivity index (χ2n) is 7.12. The number of aromatic nitrogens is 4. The molecule has 0 fully saturated rings. The van der Waals surface area contributed by atoms with E-state index < -0.39 is 0 Å². The van der Waals surface area contributed by atoms with Gasteiger partial charge in [0.2, 0.25) is 5.95 Å². The zero-order valence-electron chi connectivity index (χ0n) is 17.2. The van der Waals surface area contributed by atoms with E-state index in [2.05, 4.69) is 46.9 Å². The molecule has 0 aliphatic rings. The fourth-order valence-electron chi connectivity index (χ4n) is 3.31. The Morgan fingerprint density at radius 1 is 1.00 bits per heavy atom. The van der Waals surface area contributed by atoms with Gasteiger partial charge in [-0.25, -0.2) is 4.68 Å². The van der Waals surface area contributed by atoms with Crippen LogP contribution in [0, 0.1) is 0 Å². The van der Waals surface area contributed by atoms with Crippen LogP contribution in [0.4, 0.5) is 11.8 Å². The second-order valence-corrected chi connectivity index (χ2v) is 7.12. The molecule has 0 bridgehead atoms. The molecule has 7 heteroatoms. The summed E-state index contributed by atoms with van der Waals surface area (Å²) in [6.07, 6.45) is 1.83. The van der Waals surface area contributed by atoms with Crippen LogP contribution in [-0.2, 0) is 11.3 Å². The van der Waals surface area contributed by atoms with Crippen LogP contribution in [0.2, 0.25) is 0 Å². The van der Waals surface area contributed by atoms with Gasteiger partial charge in [0.1, 0.15) is 5.82 Å². The first-order valence-corrected chi connectivity index (χ1v) is 10.1. The van der Waals surface area contributed by atoms with Crippen molar-refractivity contribution in [1.82, 2.24) is 19.7 Å². The average Bonchev–Trinajstić information content (AvgIpc) is 3.18. The molecule has 30 heavy (non-hydrogen) atoms. The van der Waals surface area contributed by atoms with Crippen LogP contribution in [0.15, 0.2) is 66.9 Å². The van der Waals surface area contributed by atoms with Crippen molar-refractivity contribution in [3.63, 3.8) is 0 Å². The first-order valence-electron chi connectivity index (χ1n) is 10.1. The van der Waals surface area contributed by atoms with Crippen molar-refractivity contribution in [3.05, 3.63) is 78.0 Å². The van der Waals surface area contributed by atoms with E-state index in [-0.39, 0.29) is 6.04 Å². The molecule has 0 saturated heterocycles. The zero-order chi connectivity index (χ0) is 20.8. The Morgan fingerprint density at radius 2 is 1.73 bits per heavy atom. The van der Waals surface area contributed by atoms with Gasteiger partial charge in [-0.2, -0.15) is 15.1 Å². The van der Waals surface area contributed by atoms with Crippen molar-refractivity contribution in [1.29, 1.82) is 0 Å². The molecular weight excluding hydrogens is 376 g/mol. The number of hydrogen-bond donors (Lipinski definition) is 2. The molecule has 1 atom stereocenters. The van der Waals surface area contributed by atoms with E-state index in [0.717, 1.165) is 16.9 Å². The first-order chi connectivity index (χ1) is 14.7. The van der Waals surface area contributed by atoms with Crippen molar-refractivity contribution in [2.24, 2.45) is 0 Å². The van der Waals surface area contributed by atoms with E-state index >= 15 is 0 Å². The van der Waals surface area contributed by atoms with Crippen LogP contribution in [0.5, 0.6) is 0 Å². The maximum absolute atomic E-state index is 5.14. The predicted molar refractivity (Wildman–Crippen MR) is 120 cm³/mol. The summed E-state index contributed by atoms with van der Waals surface area (Å²) in [5.74, 6) is 1.31. The van der Waals surface area contributed by atoms with Gasteiger partial charge in [0.15, 0.2) is 5.65 Å². The maximum atomic E-state index is 5.14. The molecule has 0 saturated carbocycles. The van der Waals surface area contributed by atoms with Gasteiger partial charge in [-0.15, -0.1) is 0 Å². The number of fused-ring (bicyclic) bond motifs is 1. The third kappa shape index (κ3) is 4.58. The lowest BCUT2D eigenvalue weighted by Gasteiger charge is -2.16. The van der Waals surface area contributed by atoms with Gasteiger partial charge < -0.3 is 15.4 Å². The second kappa shape index (κ2) is 9.37. The predicted octanol–water partition coefficient (Wildman–Crippen LogP) is 4.11. The van der Waals surface area contributed by atoms with Crippen molar-refractivity contribution < 1.29 is 4.74 Å². The fourth-order valence-corrected chi connectivity index (χ4v) is 3.31. The molecule has 4 rings (SSSR count). The van der Waals surface area contributed by atoms with E-state index in [1.165, 1.54) is 11.1 Å². The Morgan fingerprint density at radius 3 is 2.47 bits per heavy atom. The van der Waals surface area contributed by atoms with Gasteiger partial charge in [0, 0.05) is 19.7 Å². The molecule has 0 radical (unpaired) electrons. The van der Waals surface area contributed by atoms with E-state index in [4.69, 9.17) is 14.7 Å². The molecule has 1 unspecified atom stereocenters. The smallest absolute Gasteiger partial charge is 0.226 e. The van der Waals surface area contributed by atoms with Crippen molar-refractivity contribution in [2.75, 3.05) is 30.9 Å². The zero-order valence-corrected chi connectivity index (χ0v) is 17.2. The summed E-state index contributed by atoms with van der Waals surface area (Å²) in [5, 5.41) is 12.3. The number of ether oxygens (including phenoxy) is 1. The Balaban J connectivity index is 1.68. The Labute approximate surface area is 176 Å². The van der Waals surface area contributed by atoms with Gasteiger partial charge in [-0.3, -0.25) is 0 Å². The Kier molecular flexibility index (Phi) is 6.20. The number of methoxy groups -OCH3 is 1. The summed E-state index contributed by atoms with van der Waals surface area (Å²) in [5.41, 5.74) is 3.15. The molecule has 154 valence electrons. The van der Waals surface area contributed by atoms with Gasteiger partial charge >= 0.3 is 0 Å². The Hall–Kier alpha value is -3.45. The first kappa shape index (κ1) is 19.8. The molecule has 4 aromatic rings. The van der Waals surface area contributed by atoms with E-state index in [9.17, 15) is 0 Å². The quantitative estimate of drug-likeness (QED) is 0.410. The summed E-state index contributed by atoms with van der Waals surface area (Å²) < 4.78 is 7.05. The fraction of sp³-hybridized carbons (Fsp3) is 0.261. The summed E-state index contributed by atoms with van der Waals surface area (Å²) in [6.45, 7) is 3.97. The molecule has 0 aliphatic heterocycles. The molecular formula is C23H26N6O. The summed E-state index contributed by atoms with van der Waals surface area (Å²) in [7, 11) is 1.68. The van der Waals surface area contributed by atoms with Crippen molar-refractivity contribution >= 4 is 22.8 Å². The number of hydrogen-bond acceptors (Lipinski definition) is 6. The number of nitrogens with zero attached hydrogens (tertiary/aromatic N) is 4. The highest BCUT2D eigenvalue weighted by Gasteiger charge is 2.15. The molecule has 2 aromatic carbocycles. The molecule has 2 heterocycles.